The number of aromatic amines is 1. The van der Waals surface area contributed by atoms with Gasteiger partial charge in [0.15, 0.2) is 0 Å². The molecule has 330 valence electrons. The number of nitrogens with zero attached hydrogens (tertiary/aromatic N) is 2. The molecule has 1 aromatic heterocycles. The number of piperidine rings is 1. The number of amides is 3. The van der Waals surface area contributed by atoms with Gasteiger partial charge in [0, 0.05) is 81.4 Å². The van der Waals surface area contributed by atoms with E-state index in [1.807, 2.05) is 84.9 Å². The lowest BCUT2D eigenvalue weighted by Gasteiger charge is -2.31. The highest BCUT2D eigenvalue weighted by molar-refractivity contribution is 5.93. The molecule has 3 heterocycles. The number of anilines is 2. The van der Waals surface area contributed by atoms with Crippen LogP contribution in [0.15, 0.2) is 132 Å². The molecule has 12 heteroatoms. The first-order valence-electron chi connectivity index (χ1n) is 22.3. The van der Waals surface area contributed by atoms with Crippen LogP contribution in [-0.4, -0.2) is 78.3 Å². The van der Waals surface area contributed by atoms with Crippen molar-refractivity contribution in [2.45, 2.75) is 69.6 Å². The van der Waals surface area contributed by atoms with Crippen LogP contribution < -0.4 is 26.4 Å². The molecule has 64 heavy (non-hydrogen) atoms. The zero-order valence-electron chi connectivity index (χ0n) is 36.2. The van der Waals surface area contributed by atoms with Crippen LogP contribution in [0.1, 0.15) is 60.3 Å². The van der Waals surface area contributed by atoms with Gasteiger partial charge in [0.05, 0.1) is 11.2 Å². The highest BCUT2D eigenvalue weighted by Crippen LogP contribution is 2.35. The normalized spacial score (nSPS) is 16.6. The monoisotopic (exact) mass is 860 g/mol. The van der Waals surface area contributed by atoms with E-state index >= 15 is 0 Å². The number of aromatic nitrogens is 1. The number of pyridine rings is 1. The van der Waals surface area contributed by atoms with Crippen molar-refractivity contribution in [3.63, 3.8) is 0 Å². The summed E-state index contributed by atoms with van der Waals surface area (Å²) in [4.78, 5) is 57.4. The highest BCUT2D eigenvalue weighted by Gasteiger charge is 2.28. The molecule has 2 aliphatic rings. The first-order chi connectivity index (χ1) is 31.1. The molecule has 0 aliphatic carbocycles. The van der Waals surface area contributed by atoms with Crippen LogP contribution in [0.5, 0.6) is 5.75 Å². The molecule has 8 rings (SSSR count). The number of aryl methyl sites for hydroxylation is 1. The number of carbonyl (C=O) groups is 3. The lowest BCUT2D eigenvalue weighted by Crippen LogP contribution is -2.40. The Morgan fingerprint density at radius 3 is 2.41 bits per heavy atom. The van der Waals surface area contributed by atoms with Crippen LogP contribution in [-0.2, 0) is 33.7 Å². The van der Waals surface area contributed by atoms with Gasteiger partial charge < -0.3 is 35.3 Å². The summed E-state index contributed by atoms with van der Waals surface area (Å²) in [6.07, 6.45) is 3.96. The maximum Gasteiger partial charge on any atom is 0.411 e. The average molecular weight is 861 g/mol. The van der Waals surface area contributed by atoms with Gasteiger partial charge in [-0.1, -0.05) is 91.0 Å². The Bertz CT molecular complexity index is 2620. The van der Waals surface area contributed by atoms with Crippen molar-refractivity contribution in [2.24, 2.45) is 0 Å². The van der Waals surface area contributed by atoms with Gasteiger partial charge in [-0.05, 0) is 96.2 Å². The summed E-state index contributed by atoms with van der Waals surface area (Å²) in [5, 5.41) is 20.8. The molecule has 0 bridgehead atoms. The first kappa shape index (κ1) is 43.9. The molecule has 2 saturated heterocycles. The van der Waals surface area contributed by atoms with E-state index in [9.17, 15) is 24.3 Å². The van der Waals surface area contributed by atoms with E-state index in [0.717, 1.165) is 71.4 Å². The summed E-state index contributed by atoms with van der Waals surface area (Å²) in [7, 11) is 1.79. The van der Waals surface area contributed by atoms with Crippen molar-refractivity contribution < 1.29 is 24.2 Å². The molecule has 2 fully saturated rings. The van der Waals surface area contributed by atoms with Gasteiger partial charge >= 0.3 is 6.09 Å². The van der Waals surface area contributed by atoms with Crippen molar-refractivity contribution >= 4 is 40.2 Å². The number of fused-ring (bicyclic) bond motifs is 1. The maximum atomic E-state index is 13.2. The predicted molar refractivity (Wildman–Crippen MR) is 252 cm³/mol. The number of ether oxygens (including phenoxy) is 1. The number of nitrogens with one attached hydrogen (secondary N) is 4. The molecule has 1 unspecified atom stereocenters. The Labute approximate surface area is 373 Å². The van der Waals surface area contributed by atoms with Crippen molar-refractivity contribution in [3.05, 3.63) is 160 Å². The lowest BCUT2D eigenvalue weighted by molar-refractivity contribution is -0.121. The van der Waals surface area contributed by atoms with Crippen molar-refractivity contribution in [2.75, 3.05) is 43.4 Å². The molecule has 0 radical (unpaired) electrons. The van der Waals surface area contributed by atoms with Gasteiger partial charge in [-0.25, -0.2) is 4.79 Å². The van der Waals surface area contributed by atoms with Gasteiger partial charge in [0.1, 0.15) is 11.9 Å². The van der Waals surface area contributed by atoms with Crippen molar-refractivity contribution in [3.8, 4) is 16.9 Å². The third-order valence-electron chi connectivity index (χ3n) is 12.6. The number of benzene rings is 5. The Morgan fingerprint density at radius 1 is 0.828 bits per heavy atom. The van der Waals surface area contributed by atoms with E-state index in [1.165, 1.54) is 11.6 Å². The van der Waals surface area contributed by atoms with Crippen molar-refractivity contribution in [1.82, 2.24) is 20.5 Å². The second-order valence-corrected chi connectivity index (χ2v) is 17.0. The topological polar surface area (TPSA) is 156 Å². The number of likely N-dealkylation sites (tertiary alicyclic amines) is 1. The van der Waals surface area contributed by atoms with E-state index in [2.05, 4.69) is 50.1 Å². The van der Waals surface area contributed by atoms with E-state index in [1.54, 1.807) is 24.1 Å². The quantitative estimate of drug-likeness (QED) is 0.0698. The summed E-state index contributed by atoms with van der Waals surface area (Å²) in [5.74, 6) is 0.337. The average Bonchev–Trinajstić information content (AvgIpc) is 3.78. The number of carbonyl (C=O) groups excluding carboxylic acids is 3. The largest absolute Gasteiger partial charge is 0.506 e. The van der Waals surface area contributed by atoms with Crippen LogP contribution >= 0.6 is 0 Å². The molecule has 0 spiro atoms. The zero-order chi connectivity index (χ0) is 44.4. The molecule has 0 saturated carbocycles. The van der Waals surface area contributed by atoms with Gasteiger partial charge in [-0.3, -0.25) is 19.7 Å². The van der Waals surface area contributed by atoms with Gasteiger partial charge in [-0.15, -0.1) is 0 Å². The molecular weight excluding hydrogens is 805 g/mol. The van der Waals surface area contributed by atoms with E-state index in [0.29, 0.717) is 56.4 Å². The molecular formula is C52H56N6O6. The Hall–Kier alpha value is -6.76. The molecule has 5 N–H and O–H groups in total. The van der Waals surface area contributed by atoms with Gasteiger partial charge in [0.2, 0.25) is 17.4 Å². The Kier molecular flexibility index (Phi) is 14.1. The molecule has 5 aromatic carbocycles. The number of hydrogen-bond acceptors (Lipinski definition) is 8. The minimum atomic E-state index is -0.460. The fourth-order valence-electron chi connectivity index (χ4n) is 8.98. The smallest absolute Gasteiger partial charge is 0.411 e. The van der Waals surface area contributed by atoms with Crippen LogP contribution in [0.2, 0.25) is 0 Å². The van der Waals surface area contributed by atoms with Crippen molar-refractivity contribution in [1.29, 1.82) is 0 Å². The highest BCUT2D eigenvalue weighted by atomic mass is 16.6. The minimum absolute atomic E-state index is 0.0195. The Balaban J connectivity index is 0.719. The minimum Gasteiger partial charge on any atom is -0.506 e. The maximum absolute atomic E-state index is 13.2. The second kappa shape index (κ2) is 20.6. The predicted octanol–water partition coefficient (Wildman–Crippen LogP) is 7.90. The SMILES string of the molecule is CN(C(=O)CCN1CCC(OC(=O)Nc2ccccc2-c2ccccc2)CC1)c1ccc(CNC(=O)CCc2cccc(CC3C[C@H](c4ccc(O)c5[nH]c(=O)ccc45)CN3)c2)cc1. The Morgan fingerprint density at radius 2 is 1.59 bits per heavy atom. The van der Waals surface area contributed by atoms with Crippen LogP contribution in [0.3, 0.4) is 0 Å². The lowest BCUT2D eigenvalue weighted by atomic mass is 9.91. The standard InChI is InChI=1S/C52H56N6O6/c1-57(50(62)26-29-58-27-24-42(25-28-58)64-52(63)55-46-13-6-5-12-44(46)38-10-3-2-4-11-38)41-17-14-36(15-18-41)33-54-48(60)22-16-35-8-7-9-37(30-35)31-40-32-39(34-53-40)43-19-21-47(59)51-45(43)20-23-49(61)56-51/h2-15,17-21,23,30,39-40,42,53,59H,16,22,24-29,31-34H2,1H3,(H,54,60)(H,55,63)(H,56,61)/t39-,40?/m0/s1. The summed E-state index contributed by atoms with van der Waals surface area (Å²) in [6.45, 7) is 3.34. The number of H-pyrrole nitrogens is 1. The third kappa shape index (κ3) is 11.2. The number of rotatable bonds is 15. The molecule has 6 aromatic rings. The molecule has 2 aliphatic heterocycles. The zero-order valence-corrected chi connectivity index (χ0v) is 36.2. The van der Waals surface area contributed by atoms with Crippen LogP contribution in [0.4, 0.5) is 16.2 Å². The summed E-state index contributed by atoms with van der Waals surface area (Å²) in [6, 6.07) is 41.0. The fourth-order valence-corrected chi connectivity index (χ4v) is 8.98. The molecule has 2 atom stereocenters. The molecule has 12 nitrogen and oxygen atoms in total. The molecule has 3 amide bonds. The fraction of sp³-hybridized carbons (Fsp3) is 0.308. The number of phenolic OH excluding ortho intramolecular Hbond substituents is 1. The van der Waals surface area contributed by atoms with Gasteiger partial charge in [0.25, 0.3) is 0 Å². The van der Waals surface area contributed by atoms with Gasteiger partial charge in [-0.2, -0.15) is 0 Å². The second-order valence-electron chi connectivity index (χ2n) is 17.0. The number of hydrogen-bond donors (Lipinski definition) is 5. The van der Waals surface area contributed by atoms with Crippen LogP contribution in [0, 0.1) is 0 Å². The third-order valence-corrected chi connectivity index (χ3v) is 12.6. The summed E-state index contributed by atoms with van der Waals surface area (Å²) >= 11 is 0. The summed E-state index contributed by atoms with van der Waals surface area (Å²) < 4.78 is 5.79. The van der Waals surface area contributed by atoms with E-state index in [-0.39, 0.29) is 41.2 Å². The number of aromatic hydroxyl groups is 1. The first-order valence-corrected chi connectivity index (χ1v) is 22.3. The van der Waals surface area contributed by atoms with Crippen LogP contribution in [0.25, 0.3) is 22.0 Å². The summed E-state index contributed by atoms with van der Waals surface area (Å²) in [5.41, 5.74) is 8.11. The van der Waals surface area contributed by atoms with E-state index < -0.39 is 6.09 Å². The van der Waals surface area contributed by atoms with E-state index in [4.69, 9.17) is 4.74 Å². The number of phenols is 1. The number of para-hydroxylation sites is 1.